The fourth-order valence-electron chi connectivity index (χ4n) is 1.59. The molecule has 0 radical (unpaired) electrons. The lowest BCUT2D eigenvalue weighted by atomic mass is 10.2. The van der Waals surface area contributed by atoms with Gasteiger partial charge in [0.1, 0.15) is 12.4 Å². The predicted molar refractivity (Wildman–Crippen MR) is 89.4 cm³/mol. The van der Waals surface area contributed by atoms with Crippen molar-refractivity contribution in [1.29, 1.82) is 0 Å². The highest BCUT2D eigenvalue weighted by Crippen LogP contribution is 2.38. The van der Waals surface area contributed by atoms with Gasteiger partial charge in [0.05, 0.1) is 8.15 Å². The molecule has 2 aromatic rings. The summed E-state index contributed by atoms with van der Waals surface area (Å²) in [5, 5.41) is 9.70. The fourth-order valence-corrected chi connectivity index (χ4v) is 2.13. The summed E-state index contributed by atoms with van der Waals surface area (Å²) < 4.78 is 11.3. The minimum Gasteiger partial charge on any atom is -0.504 e. The summed E-state index contributed by atoms with van der Waals surface area (Å²) in [6, 6.07) is 15.0. The summed E-state index contributed by atoms with van der Waals surface area (Å²) in [5.74, 6) is 1.30. The molecule has 1 atom stereocenters. The number of phenolic OH excluding ortho intramolecular Hbond substituents is 1. The van der Waals surface area contributed by atoms with E-state index in [1.54, 1.807) is 18.2 Å². The SMILES string of the molecule is CP(C)Oc1cc(OCc2ccccc2)ccc1O.P. The zero-order valence-electron chi connectivity index (χ0n) is 11.7. The number of rotatable bonds is 5. The molecule has 0 spiro atoms. The number of hydrogen-bond donors (Lipinski definition) is 1. The summed E-state index contributed by atoms with van der Waals surface area (Å²) in [7, 11) is -0.574. The standard InChI is InChI=1S/C15H17O3P.H3P/c1-19(2)18-15-10-13(8-9-14(15)16)17-11-12-6-4-3-5-7-12;/h3-10,16H,11H2,1-2H3;1H3. The fraction of sp³-hybridized carbons (Fsp3) is 0.200. The van der Waals surface area contributed by atoms with Gasteiger partial charge in [-0.15, -0.1) is 0 Å². The van der Waals surface area contributed by atoms with Gasteiger partial charge in [0.2, 0.25) is 0 Å². The molecule has 0 aromatic heterocycles. The molecular weight excluding hydrogens is 290 g/mol. The lowest BCUT2D eigenvalue weighted by Crippen LogP contribution is -1.95. The van der Waals surface area contributed by atoms with Crippen molar-refractivity contribution in [3.05, 3.63) is 54.1 Å². The molecule has 0 saturated carbocycles. The van der Waals surface area contributed by atoms with Crippen LogP contribution in [0.5, 0.6) is 17.2 Å². The first-order valence-corrected chi connectivity index (χ1v) is 8.15. The first-order valence-electron chi connectivity index (χ1n) is 6.00. The van der Waals surface area contributed by atoms with Crippen LogP contribution in [0.25, 0.3) is 0 Å². The van der Waals surface area contributed by atoms with Crippen LogP contribution >= 0.6 is 18.0 Å². The first kappa shape index (κ1) is 16.8. The summed E-state index contributed by atoms with van der Waals surface area (Å²) in [6.07, 6.45) is 0. The van der Waals surface area contributed by atoms with E-state index in [1.807, 2.05) is 43.7 Å². The Labute approximate surface area is 124 Å². The van der Waals surface area contributed by atoms with Crippen molar-refractivity contribution in [2.24, 2.45) is 0 Å². The van der Waals surface area contributed by atoms with Gasteiger partial charge in [-0.25, -0.2) is 0 Å². The van der Waals surface area contributed by atoms with Gasteiger partial charge in [-0.3, -0.25) is 0 Å². The lowest BCUT2D eigenvalue weighted by Gasteiger charge is -2.13. The summed E-state index contributed by atoms with van der Waals surface area (Å²) >= 11 is 0. The topological polar surface area (TPSA) is 38.7 Å². The molecule has 0 saturated heterocycles. The minimum absolute atomic E-state index is 0. The van der Waals surface area contributed by atoms with Crippen molar-refractivity contribution < 1.29 is 14.4 Å². The van der Waals surface area contributed by atoms with Gasteiger partial charge in [0, 0.05) is 6.07 Å². The molecule has 1 N–H and O–H groups in total. The zero-order chi connectivity index (χ0) is 13.7. The van der Waals surface area contributed by atoms with E-state index in [0.29, 0.717) is 18.1 Å². The van der Waals surface area contributed by atoms with Crippen LogP contribution in [0.2, 0.25) is 0 Å². The van der Waals surface area contributed by atoms with Crippen molar-refractivity contribution in [3.8, 4) is 17.2 Å². The predicted octanol–water partition coefficient (Wildman–Crippen LogP) is 4.06. The molecular formula is C15H20O3P2. The summed E-state index contributed by atoms with van der Waals surface area (Å²) in [4.78, 5) is 0. The smallest absolute Gasteiger partial charge is 0.168 e. The van der Waals surface area contributed by atoms with Gasteiger partial charge < -0.3 is 14.4 Å². The maximum atomic E-state index is 9.70. The maximum absolute atomic E-state index is 9.70. The van der Waals surface area contributed by atoms with Gasteiger partial charge in [-0.05, 0) is 31.0 Å². The molecule has 0 heterocycles. The van der Waals surface area contributed by atoms with Crippen LogP contribution in [0, 0.1) is 0 Å². The third-order valence-electron chi connectivity index (χ3n) is 2.46. The highest BCUT2D eigenvalue weighted by atomic mass is 31.1. The lowest BCUT2D eigenvalue weighted by molar-refractivity contribution is 0.304. The van der Waals surface area contributed by atoms with Gasteiger partial charge in [-0.2, -0.15) is 9.90 Å². The third-order valence-corrected chi connectivity index (χ3v) is 3.02. The molecule has 5 heteroatoms. The van der Waals surface area contributed by atoms with E-state index >= 15 is 0 Å². The number of phenols is 1. The third kappa shape index (κ3) is 5.00. The van der Waals surface area contributed by atoms with Crippen LogP contribution in [0.15, 0.2) is 48.5 Å². The van der Waals surface area contributed by atoms with E-state index in [0.717, 1.165) is 5.56 Å². The molecule has 0 amide bonds. The molecule has 1 unspecified atom stereocenters. The minimum atomic E-state index is -0.574. The highest BCUT2D eigenvalue weighted by Gasteiger charge is 2.07. The van der Waals surface area contributed by atoms with Crippen molar-refractivity contribution in [2.75, 3.05) is 13.3 Å². The maximum Gasteiger partial charge on any atom is 0.168 e. The number of aromatic hydroxyl groups is 1. The first-order chi connectivity index (χ1) is 9.15. The van der Waals surface area contributed by atoms with Crippen molar-refractivity contribution in [1.82, 2.24) is 0 Å². The average Bonchev–Trinajstić information content (AvgIpc) is 2.40. The van der Waals surface area contributed by atoms with Gasteiger partial charge >= 0.3 is 0 Å². The Morgan fingerprint density at radius 1 is 1.05 bits per heavy atom. The van der Waals surface area contributed by atoms with Crippen LogP contribution < -0.4 is 9.26 Å². The van der Waals surface area contributed by atoms with Crippen LogP contribution in [-0.4, -0.2) is 18.4 Å². The molecule has 0 bridgehead atoms. The normalized spacial score (nSPS) is 9.95. The van der Waals surface area contributed by atoms with Gasteiger partial charge in [-0.1, -0.05) is 30.3 Å². The molecule has 0 fully saturated rings. The number of benzene rings is 2. The largest absolute Gasteiger partial charge is 0.504 e. The van der Waals surface area contributed by atoms with Gasteiger partial charge in [0.15, 0.2) is 11.5 Å². The van der Waals surface area contributed by atoms with Crippen LogP contribution in [0.4, 0.5) is 0 Å². The second kappa shape index (κ2) is 8.09. The molecule has 0 aliphatic carbocycles. The summed E-state index contributed by atoms with van der Waals surface area (Å²) in [6.45, 7) is 4.45. The van der Waals surface area contributed by atoms with Gasteiger partial charge in [0.25, 0.3) is 0 Å². The Bertz CT molecular complexity index is 530. The molecule has 2 rings (SSSR count). The van der Waals surface area contributed by atoms with Crippen LogP contribution in [-0.2, 0) is 6.61 Å². The quantitative estimate of drug-likeness (QED) is 0.846. The molecule has 0 aliphatic rings. The van der Waals surface area contributed by atoms with E-state index in [2.05, 4.69) is 0 Å². The average molecular weight is 310 g/mol. The van der Waals surface area contributed by atoms with Crippen LogP contribution in [0.3, 0.4) is 0 Å². The zero-order valence-corrected chi connectivity index (χ0v) is 14.1. The van der Waals surface area contributed by atoms with E-state index in [1.165, 1.54) is 0 Å². The summed E-state index contributed by atoms with van der Waals surface area (Å²) in [5.41, 5.74) is 1.10. The van der Waals surface area contributed by atoms with E-state index in [-0.39, 0.29) is 15.6 Å². The van der Waals surface area contributed by atoms with E-state index in [4.69, 9.17) is 9.26 Å². The molecule has 0 aliphatic heterocycles. The second-order valence-electron chi connectivity index (χ2n) is 4.31. The Balaban J connectivity index is 0.00000200. The molecule has 3 nitrogen and oxygen atoms in total. The number of ether oxygens (including phenoxy) is 1. The Morgan fingerprint density at radius 2 is 1.75 bits per heavy atom. The van der Waals surface area contributed by atoms with Crippen molar-refractivity contribution in [3.63, 3.8) is 0 Å². The molecule has 108 valence electrons. The van der Waals surface area contributed by atoms with E-state index in [9.17, 15) is 5.11 Å². The number of hydrogen-bond acceptors (Lipinski definition) is 3. The Morgan fingerprint density at radius 3 is 2.40 bits per heavy atom. The molecule has 20 heavy (non-hydrogen) atoms. The van der Waals surface area contributed by atoms with E-state index < -0.39 is 8.15 Å². The van der Waals surface area contributed by atoms with Crippen LogP contribution in [0.1, 0.15) is 5.56 Å². The Kier molecular flexibility index (Phi) is 6.78. The second-order valence-corrected chi connectivity index (χ2v) is 6.11. The highest BCUT2D eigenvalue weighted by molar-refractivity contribution is 7.51. The Hall–Kier alpha value is -1.30. The monoisotopic (exact) mass is 310 g/mol. The van der Waals surface area contributed by atoms with Crippen molar-refractivity contribution in [2.45, 2.75) is 6.61 Å². The van der Waals surface area contributed by atoms with Crippen molar-refractivity contribution >= 4 is 18.0 Å². The molecule has 2 aromatic carbocycles.